The van der Waals surface area contributed by atoms with Crippen LogP contribution in [0.3, 0.4) is 0 Å². The fourth-order valence-electron chi connectivity index (χ4n) is 2.35. The third-order valence-corrected chi connectivity index (χ3v) is 3.59. The van der Waals surface area contributed by atoms with Gasteiger partial charge in [0.05, 0.1) is 0 Å². The average Bonchev–Trinajstić information content (AvgIpc) is 2.70. The van der Waals surface area contributed by atoms with Gasteiger partial charge in [0.15, 0.2) is 0 Å². The smallest absolute Gasteiger partial charge is 0.00728 e. The fourth-order valence-corrected chi connectivity index (χ4v) is 2.35. The van der Waals surface area contributed by atoms with Crippen LogP contribution >= 0.6 is 0 Å². The van der Waals surface area contributed by atoms with Gasteiger partial charge in [-0.05, 0) is 55.7 Å². The molecule has 0 heteroatoms. The van der Waals surface area contributed by atoms with E-state index in [1.165, 1.54) is 41.5 Å². The first-order valence-electron chi connectivity index (χ1n) is 6.60. The molecule has 1 atom stereocenters. The summed E-state index contributed by atoms with van der Waals surface area (Å²) in [5.74, 6) is 0.645. The maximum atomic E-state index is 2.38. The molecule has 0 N–H and O–H groups in total. The van der Waals surface area contributed by atoms with E-state index in [0.717, 1.165) is 0 Å². The second kappa shape index (κ2) is 5.35. The van der Waals surface area contributed by atoms with Crippen molar-refractivity contribution in [1.29, 1.82) is 0 Å². The molecule has 17 heavy (non-hydrogen) atoms. The molecular weight excluding hydrogens is 204 g/mol. The zero-order valence-corrected chi connectivity index (χ0v) is 11.2. The highest BCUT2D eigenvalue weighted by Gasteiger charge is 2.04. The standard InChI is InChI=1S/C17H22/c1-13-7-9-16(11-13)5-4-6-17-10-8-14(2)15(3)12-17/h7-13H,4-6H2,1-3H3. The van der Waals surface area contributed by atoms with Crippen LogP contribution in [0, 0.1) is 19.8 Å². The Labute approximate surface area is 105 Å². The van der Waals surface area contributed by atoms with E-state index in [0.29, 0.717) is 5.92 Å². The number of benzene rings is 1. The summed E-state index contributed by atoms with van der Waals surface area (Å²) in [4.78, 5) is 0. The fraction of sp³-hybridized carbons (Fsp3) is 0.412. The normalized spacial score (nSPS) is 18.5. The molecule has 0 radical (unpaired) electrons. The Hall–Kier alpha value is -1.30. The van der Waals surface area contributed by atoms with Gasteiger partial charge in [-0.15, -0.1) is 0 Å². The van der Waals surface area contributed by atoms with Gasteiger partial charge in [-0.25, -0.2) is 0 Å². The predicted octanol–water partition coefficient (Wildman–Crippen LogP) is 4.76. The molecule has 1 aromatic carbocycles. The highest BCUT2D eigenvalue weighted by Crippen LogP contribution is 2.20. The Kier molecular flexibility index (Phi) is 3.83. The highest BCUT2D eigenvalue weighted by atomic mass is 14.1. The Morgan fingerprint density at radius 3 is 2.53 bits per heavy atom. The summed E-state index contributed by atoms with van der Waals surface area (Å²) >= 11 is 0. The lowest BCUT2D eigenvalue weighted by atomic mass is 10.0. The van der Waals surface area contributed by atoms with Crippen molar-refractivity contribution < 1.29 is 0 Å². The lowest BCUT2D eigenvalue weighted by Crippen LogP contribution is -1.89. The summed E-state index contributed by atoms with van der Waals surface area (Å²) in [5, 5.41) is 0. The van der Waals surface area contributed by atoms with Crippen LogP contribution < -0.4 is 0 Å². The zero-order valence-electron chi connectivity index (χ0n) is 11.2. The van der Waals surface area contributed by atoms with E-state index in [1.54, 1.807) is 0 Å². The molecule has 0 aliphatic heterocycles. The number of hydrogen-bond donors (Lipinski definition) is 0. The van der Waals surface area contributed by atoms with Crippen LogP contribution in [0.2, 0.25) is 0 Å². The van der Waals surface area contributed by atoms with Crippen LogP contribution in [0.25, 0.3) is 0 Å². The molecule has 0 fully saturated rings. The second-order valence-corrected chi connectivity index (χ2v) is 5.23. The maximum Gasteiger partial charge on any atom is -0.00728 e. The molecular formula is C17H22. The largest absolute Gasteiger partial charge is 0.0776 e. The van der Waals surface area contributed by atoms with Gasteiger partial charge in [0.2, 0.25) is 0 Å². The summed E-state index contributed by atoms with van der Waals surface area (Å²) in [7, 11) is 0. The van der Waals surface area contributed by atoms with Gasteiger partial charge in [0.25, 0.3) is 0 Å². The van der Waals surface area contributed by atoms with Gasteiger partial charge >= 0.3 is 0 Å². The number of rotatable bonds is 4. The summed E-state index contributed by atoms with van der Waals surface area (Å²) < 4.78 is 0. The topological polar surface area (TPSA) is 0 Å². The monoisotopic (exact) mass is 226 g/mol. The van der Waals surface area contributed by atoms with Crippen LogP contribution in [-0.2, 0) is 6.42 Å². The summed E-state index contributed by atoms with van der Waals surface area (Å²) in [6, 6.07) is 6.84. The molecule has 0 spiro atoms. The SMILES string of the molecule is Cc1ccc(CCCC2=CC(C)C=C2)cc1C. The second-order valence-electron chi connectivity index (χ2n) is 5.23. The maximum absolute atomic E-state index is 2.38. The van der Waals surface area contributed by atoms with Crippen molar-refractivity contribution in [3.63, 3.8) is 0 Å². The predicted molar refractivity (Wildman–Crippen MR) is 75.2 cm³/mol. The molecule has 1 aliphatic rings. The van der Waals surface area contributed by atoms with E-state index in [1.807, 2.05) is 0 Å². The van der Waals surface area contributed by atoms with E-state index in [2.05, 4.69) is 57.2 Å². The molecule has 0 heterocycles. The van der Waals surface area contributed by atoms with E-state index in [-0.39, 0.29) is 0 Å². The van der Waals surface area contributed by atoms with Gasteiger partial charge < -0.3 is 0 Å². The van der Waals surface area contributed by atoms with Crippen molar-refractivity contribution in [2.24, 2.45) is 5.92 Å². The van der Waals surface area contributed by atoms with E-state index in [4.69, 9.17) is 0 Å². The Bertz CT molecular complexity index is 449. The first-order chi connectivity index (χ1) is 8.15. The van der Waals surface area contributed by atoms with Crippen LogP contribution in [0.4, 0.5) is 0 Å². The minimum atomic E-state index is 0.645. The Balaban J connectivity index is 1.84. The molecule has 0 aromatic heterocycles. The van der Waals surface area contributed by atoms with Gasteiger partial charge in [-0.1, -0.05) is 48.9 Å². The molecule has 90 valence electrons. The van der Waals surface area contributed by atoms with Crippen molar-refractivity contribution in [2.75, 3.05) is 0 Å². The number of hydrogen-bond acceptors (Lipinski definition) is 0. The minimum Gasteiger partial charge on any atom is -0.0776 e. The van der Waals surface area contributed by atoms with Crippen LogP contribution in [-0.4, -0.2) is 0 Å². The molecule has 0 bridgehead atoms. The zero-order chi connectivity index (χ0) is 12.3. The molecule has 0 saturated heterocycles. The molecule has 0 amide bonds. The lowest BCUT2D eigenvalue weighted by molar-refractivity contribution is 0.819. The van der Waals surface area contributed by atoms with Crippen molar-refractivity contribution in [3.05, 3.63) is 58.7 Å². The average molecular weight is 226 g/mol. The van der Waals surface area contributed by atoms with Crippen LogP contribution in [0.1, 0.15) is 36.5 Å². The number of aryl methyl sites for hydroxylation is 3. The first kappa shape index (κ1) is 12.2. The van der Waals surface area contributed by atoms with E-state index < -0.39 is 0 Å². The van der Waals surface area contributed by atoms with Crippen molar-refractivity contribution >= 4 is 0 Å². The Morgan fingerprint density at radius 1 is 1.06 bits per heavy atom. The van der Waals surface area contributed by atoms with Crippen molar-refractivity contribution in [2.45, 2.75) is 40.0 Å². The quantitative estimate of drug-likeness (QED) is 0.694. The third kappa shape index (κ3) is 3.33. The van der Waals surface area contributed by atoms with Crippen LogP contribution in [0.5, 0.6) is 0 Å². The lowest BCUT2D eigenvalue weighted by Gasteiger charge is -2.05. The summed E-state index contributed by atoms with van der Waals surface area (Å²) in [6.45, 7) is 6.62. The molecule has 1 aliphatic carbocycles. The van der Waals surface area contributed by atoms with Crippen LogP contribution in [0.15, 0.2) is 42.0 Å². The van der Waals surface area contributed by atoms with Crippen molar-refractivity contribution in [3.8, 4) is 0 Å². The number of allylic oxidation sites excluding steroid dienone is 4. The molecule has 0 nitrogen and oxygen atoms in total. The van der Waals surface area contributed by atoms with Gasteiger partial charge in [-0.3, -0.25) is 0 Å². The molecule has 2 rings (SSSR count). The van der Waals surface area contributed by atoms with Crippen molar-refractivity contribution in [1.82, 2.24) is 0 Å². The van der Waals surface area contributed by atoms with E-state index >= 15 is 0 Å². The van der Waals surface area contributed by atoms with E-state index in [9.17, 15) is 0 Å². The third-order valence-electron chi connectivity index (χ3n) is 3.59. The molecule has 0 saturated carbocycles. The first-order valence-corrected chi connectivity index (χ1v) is 6.60. The highest BCUT2D eigenvalue weighted by molar-refractivity contribution is 5.31. The summed E-state index contributed by atoms with van der Waals surface area (Å²) in [5.41, 5.74) is 5.80. The summed E-state index contributed by atoms with van der Waals surface area (Å²) in [6.07, 6.45) is 10.6. The van der Waals surface area contributed by atoms with Gasteiger partial charge in [0, 0.05) is 0 Å². The molecule has 1 aromatic rings. The molecule has 1 unspecified atom stereocenters. The van der Waals surface area contributed by atoms with Gasteiger partial charge in [-0.2, -0.15) is 0 Å². The van der Waals surface area contributed by atoms with Gasteiger partial charge in [0.1, 0.15) is 0 Å². The Morgan fingerprint density at radius 2 is 1.88 bits per heavy atom. The minimum absolute atomic E-state index is 0.645.